The number of ether oxygens (including phenoxy) is 1. The summed E-state index contributed by atoms with van der Waals surface area (Å²) in [5.41, 5.74) is 3.72. The fourth-order valence-electron chi connectivity index (χ4n) is 1.82. The number of nitrogens with zero attached hydrogens (tertiary/aromatic N) is 1. The number of hydrogen-bond acceptors (Lipinski definition) is 5. The summed E-state index contributed by atoms with van der Waals surface area (Å²) in [4.78, 5) is 16.9. The maximum atomic E-state index is 11.7. The van der Waals surface area contributed by atoms with Crippen LogP contribution in [0.3, 0.4) is 0 Å². The molecule has 0 bridgehead atoms. The van der Waals surface area contributed by atoms with Crippen molar-refractivity contribution < 1.29 is 9.53 Å². The number of rotatable bonds is 4. The van der Waals surface area contributed by atoms with E-state index in [1.165, 1.54) is 16.9 Å². The molecule has 1 heterocycles. The lowest BCUT2D eigenvalue weighted by molar-refractivity contribution is 0.0519. The predicted octanol–water partition coefficient (Wildman–Crippen LogP) is 3.99. The highest BCUT2D eigenvalue weighted by Gasteiger charge is 2.16. The smallest absolute Gasteiger partial charge is 0.358 e. The number of hydrogen-bond donors (Lipinski definition) is 1. The van der Waals surface area contributed by atoms with Crippen LogP contribution in [-0.4, -0.2) is 17.6 Å². The topological polar surface area (TPSA) is 51.2 Å². The van der Waals surface area contributed by atoms with E-state index in [1.54, 1.807) is 6.92 Å². The highest BCUT2D eigenvalue weighted by Crippen LogP contribution is 2.27. The van der Waals surface area contributed by atoms with E-state index in [0.717, 1.165) is 16.1 Å². The van der Waals surface area contributed by atoms with Crippen LogP contribution >= 0.6 is 11.3 Å². The van der Waals surface area contributed by atoms with Crippen molar-refractivity contribution in [1.29, 1.82) is 0 Å². The van der Waals surface area contributed by atoms with Crippen molar-refractivity contribution in [3.05, 3.63) is 39.9 Å². The number of thiazole rings is 1. The molecule has 0 radical (unpaired) electrons. The van der Waals surface area contributed by atoms with Crippen LogP contribution in [0.2, 0.25) is 0 Å². The summed E-state index contributed by atoms with van der Waals surface area (Å²) in [5, 5.41) is 3.98. The van der Waals surface area contributed by atoms with E-state index in [-0.39, 0.29) is 5.97 Å². The molecule has 0 fully saturated rings. The first-order valence-corrected chi connectivity index (χ1v) is 7.31. The zero-order valence-electron chi connectivity index (χ0n) is 12.1. The Bertz CT molecular complexity index is 635. The zero-order chi connectivity index (χ0) is 14.7. The van der Waals surface area contributed by atoms with Gasteiger partial charge in [0.25, 0.3) is 0 Å². The molecule has 20 heavy (non-hydrogen) atoms. The quantitative estimate of drug-likeness (QED) is 0.865. The molecule has 0 aliphatic carbocycles. The van der Waals surface area contributed by atoms with Crippen LogP contribution in [0.5, 0.6) is 0 Å². The Labute approximate surface area is 122 Å². The molecular formula is C15H18N2O2S. The number of nitrogens with one attached hydrogen (secondary N) is 1. The summed E-state index contributed by atoms with van der Waals surface area (Å²) in [6.45, 7) is 8.10. The van der Waals surface area contributed by atoms with Gasteiger partial charge < -0.3 is 10.1 Å². The minimum Gasteiger partial charge on any atom is -0.461 e. The molecule has 0 amide bonds. The Morgan fingerprint density at radius 3 is 2.80 bits per heavy atom. The zero-order valence-corrected chi connectivity index (χ0v) is 12.9. The molecule has 0 unspecified atom stereocenters. The lowest BCUT2D eigenvalue weighted by Crippen LogP contribution is -2.06. The van der Waals surface area contributed by atoms with Gasteiger partial charge in [-0.2, -0.15) is 0 Å². The van der Waals surface area contributed by atoms with Crippen LogP contribution in [0.1, 0.15) is 33.4 Å². The van der Waals surface area contributed by atoms with Gasteiger partial charge in [0.2, 0.25) is 0 Å². The standard InChI is InChI=1S/C15H18N2O2S/c1-5-19-14(18)13-11(4)20-15(17-13)16-12-8-9(2)6-7-10(12)3/h6-8H,5H2,1-4H3,(H,16,17). The van der Waals surface area contributed by atoms with Gasteiger partial charge in [-0.3, -0.25) is 0 Å². The summed E-state index contributed by atoms with van der Waals surface area (Å²) in [5.74, 6) is -0.365. The molecule has 0 spiro atoms. The van der Waals surface area contributed by atoms with Crippen molar-refractivity contribution in [2.75, 3.05) is 11.9 Å². The monoisotopic (exact) mass is 290 g/mol. The third-order valence-corrected chi connectivity index (χ3v) is 3.79. The molecular weight excluding hydrogens is 272 g/mol. The molecule has 2 aromatic rings. The first-order valence-electron chi connectivity index (χ1n) is 6.50. The summed E-state index contributed by atoms with van der Waals surface area (Å²) in [6, 6.07) is 6.19. The van der Waals surface area contributed by atoms with Gasteiger partial charge in [-0.05, 0) is 44.9 Å². The second-order valence-corrected chi connectivity index (χ2v) is 5.79. The van der Waals surface area contributed by atoms with Gasteiger partial charge in [0.05, 0.1) is 6.61 Å². The van der Waals surface area contributed by atoms with Crippen molar-refractivity contribution in [3.63, 3.8) is 0 Å². The van der Waals surface area contributed by atoms with Crippen molar-refractivity contribution in [2.45, 2.75) is 27.7 Å². The SMILES string of the molecule is CCOC(=O)c1nc(Nc2cc(C)ccc2C)sc1C. The first-order chi connectivity index (χ1) is 9.51. The molecule has 0 saturated heterocycles. The van der Waals surface area contributed by atoms with Gasteiger partial charge in [0.1, 0.15) is 0 Å². The van der Waals surface area contributed by atoms with Gasteiger partial charge in [-0.1, -0.05) is 12.1 Å². The number of benzene rings is 1. The predicted molar refractivity (Wildman–Crippen MR) is 82.0 cm³/mol. The molecule has 1 aromatic carbocycles. The van der Waals surface area contributed by atoms with E-state index in [1.807, 2.05) is 20.8 Å². The van der Waals surface area contributed by atoms with E-state index in [9.17, 15) is 4.79 Å². The number of anilines is 2. The van der Waals surface area contributed by atoms with Gasteiger partial charge in [0.15, 0.2) is 10.8 Å². The van der Waals surface area contributed by atoms with Gasteiger partial charge in [0, 0.05) is 10.6 Å². The van der Waals surface area contributed by atoms with Crippen LogP contribution in [0.15, 0.2) is 18.2 Å². The maximum Gasteiger partial charge on any atom is 0.358 e. The molecule has 1 aromatic heterocycles. The second kappa shape index (κ2) is 6.05. The molecule has 0 saturated carbocycles. The average molecular weight is 290 g/mol. The highest BCUT2D eigenvalue weighted by molar-refractivity contribution is 7.15. The lowest BCUT2D eigenvalue weighted by Gasteiger charge is -2.07. The number of aryl methyl sites for hydroxylation is 3. The molecule has 4 nitrogen and oxygen atoms in total. The largest absolute Gasteiger partial charge is 0.461 e. The number of carbonyl (C=O) groups is 1. The van der Waals surface area contributed by atoms with E-state index < -0.39 is 0 Å². The molecule has 1 N–H and O–H groups in total. The third-order valence-electron chi connectivity index (χ3n) is 2.90. The van der Waals surface area contributed by atoms with Crippen molar-refractivity contribution >= 4 is 28.1 Å². The van der Waals surface area contributed by atoms with Crippen molar-refractivity contribution in [2.24, 2.45) is 0 Å². The Balaban J connectivity index is 2.24. The van der Waals surface area contributed by atoms with E-state index in [0.29, 0.717) is 17.4 Å². The van der Waals surface area contributed by atoms with Crippen molar-refractivity contribution in [3.8, 4) is 0 Å². The van der Waals surface area contributed by atoms with Gasteiger partial charge in [-0.15, -0.1) is 11.3 Å². The fourth-order valence-corrected chi connectivity index (χ4v) is 2.64. The Kier molecular flexibility index (Phi) is 4.39. The number of carbonyl (C=O) groups excluding carboxylic acids is 1. The van der Waals surface area contributed by atoms with Gasteiger partial charge in [-0.25, -0.2) is 9.78 Å². The average Bonchev–Trinajstić information content (AvgIpc) is 2.75. The Morgan fingerprint density at radius 1 is 1.35 bits per heavy atom. The molecule has 0 aliphatic heterocycles. The minimum atomic E-state index is -0.365. The normalized spacial score (nSPS) is 10.4. The summed E-state index contributed by atoms with van der Waals surface area (Å²) < 4.78 is 4.99. The fraction of sp³-hybridized carbons (Fsp3) is 0.333. The van der Waals surface area contributed by atoms with Gasteiger partial charge >= 0.3 is 5.97 Å². The first kappa shape index (κ1) is 14.5. The number of esters is 1. The summed E-state index contributed by atoms with van der Waals surface area (Å²) in [6.07, 6.45) is 0. The Hall–Kier alpha value is -1.88. The molecule has 0 atom stereocenters. The van der Waals surface area contributed by atoms with Crippen LogP contribution < -0.4 is 5.32 Å². The van der Waals surface area contributed by atoms with Crippen LogP contribution in [0.4, 0.5) is 10.8 Å². The molecule has 5 heteroatoms. The minimum absolute atomic E-state index is 0.357. The van der Waals surface area contributed by atoms with Crippen LogP contribution in [0.25, 0.3) is 0 Å². The molecule has 2 rings (SSSR count). The summed E-state index contributed by atoms with van der Waals surface area (Å²) >= 11 is 1.45. The van der Waals surface area contributed by atoms with E-state index in [2.05, 4.69) is 28.5 Å². The maximum absolute atomic E-state index is 11.7. The number of aromatic nitrogens is 1. The van der Waals surface area contributed by atoms with Crippen molar-refractivity contribution in [1.82, 2.24) is 4.98 Å². The molecule has 0 aliphatic rings. The Morgan fingerprint density at radius 2 is 2.10 bits per heavy atom. The highest BCUT2D eigenvalue weighted by atomic mass is 32.1. The second-order valence-electron chi connectivity index (χ2n) is 4.59. The summed E-state index contributed by atoms with van der Waals surface area (Å²) in [7, 11) is 0. The van der Waals surface area contributed by atoms with E-state index in [4.69, 9.17) is 4.74 Å². The van der Waals surface area contributed by atoms with Crippen LogP contribution in [-0.2, 0) is 4.74 Å². The third kappa shape index (κ3) is 3.17. The lowest BCUT2D eigenvalue weighted by atomic mass is 10.1. The van der Waals surface area contributed by atoms with E-state index >= 15 is 0 Å². The van der Waals surface area contributed by atoms with Crippen LogP contribution in [0, 0.1) is 20.8 Å². The molecule has 106 valence electrons.